The van der Waals surface area contributed by atoms with E-state index in [0.29, 0.717) is 5.65 Å². The van der Waals surface area contributed by atoms with Crippen LogP contribution < -0.4 is 0 Å². The molecular formula is C8H4Cl3N3O. The Kier molecular flexibility index (Phi) is 2.58. The molecule has 2 aromatic heterocycles. The van der Waals surface area contributed by atoms with Crippen LogP contribution in [0.15, 0.2) is 24.8 Å². The highest BCUT2D eigenvalue weighted by Crippen LogP contribution is 2.30. The van der Waals surface area contributed by atoms with Crippen molar-refractivity contribution in [1.82, 2.24) is 14.4 Å². The SMILES string of the molecule is O=C(c1cnc2cnccn12)C(Cl)(Cl)Cl. The predicted molar refractivity (Wildman–Crippen MR) is 57.6 cm³/mol. The first-order chi connectivity index (χ1) is 7.00. The average Bonchev–Trinajstić information content (AvgIpc) is 2.58. The topological polar surface area (TPSA) is 47.3 Å². The highest BCUT2D eigenvalue weighted by atomic mass is 35.6. The maximum Gasteiger partial charge on any atom is 0.255 e. The summed E-state index contributed by atoms with van der Waals surface area (Å²) in [6.45, 7) is 0. The zero-order valence-electron chi connectivity index (χ0n) is 7.19. The van der Waals surface area contributed by atoms with Gasteiger partial charge in [0.2, 0.25) is 5.78 Å². The van der Waals surface area contributed by atoms with Crippen molar-refractivity contribution in [3.05, 3.63) is 30.5 Å². The molecule has 0 N–H and O–H groups in total. The summed E-state index contributed by atoms with van der Waals surface area (Å²) in [5.41, 5.74) is 0.738. The van der Waals surface area contributed by atoms with Crippen LogP contribution in [-0.2, 0) is 0 Å². The van der Waals surface area contributed by atoms with Gasteiger partial charge < -0.3 is 0 Å². The van der Waals surface area contributed by atoms with E-state index in [0.717, 1.165) is 0 Å². The van der Waals surface area contributed by atoms with E-state index < -0.39 is 9.58 Å². The number of aromatic nitrogens is 3. The number of imidazole rings is 1. The van der Waals surface area contributed by atoms with Crippen molar-refractivity contribution in [2.24, 2.45) is 0 Å². The number of halogens is 3. The molecular weight excluding hydrogens is 260 g/mol. The zero-order valence-corrected chi connectivity index (χ0v) is 9.46. The lowest BCUT2D eigenvalue weighted by Crippen LogP contribution is -2.20. The molecule has 0 saturated heterocycles. The fourth-order valence-electron chi connectivity index (χ4n) is 1.16. The largest absolute Gasteiger partial charge is 0.294 e. The maximum absolute atomic E-state index is 11.7. The van der Waals surface area contributed by atoms with Gasteiger partial charge in [-0.05, 0) is 0 Å². The zero-order chi connectivity index (χ0) is 11.1. The monoisotopic (exact) mass is 263 g/mol. The van der Waals surface area contributed by atoms with E-state index in [1.54, 1.807) is 6.20 Å². The van der Waals surface area contributed by atoms with Gasteiger partial charge in [-0.2, -0.15) is 0 Å². The summed E-state index contributed by atoms with van der Waals surface area (Å²) in [4.78, 5) is 19.5. The molecule has 0 aromatic carbocycles. The van der Waals surface area contributed by atoms with Crippen LogP contribution in [0.5, 0.6) is 0 Å². The Bertz CT molecular complexity index is 517. The van der Waals surface area contributed by atoms with Gasteiger partial charge >= 0.3 is 0 Å². The first kappa shape index (κ1) is 10.7. The number of fused-ring (bicyclic) bond motifs is 1. The van der Waals surface area contributed by atoms with Crippen LogP contribution in [0.2, 0.25) is 0 Å². The summed E-state index contributed by atoms with van der Waals surface area (Å²) in [7, 11) is 0. The number of nitrogens with zero attached hydrogens (tertiary/aromatic N) is 3. The van der Waals surface area contributed by atoms with Crippen molar-refractivity contribution in [3.8, 4) is 0 Å². The molecule has 0 atom stereocenters. The Balaban J connectivity index is 2.58. The number of rotatable bonds is 1. The molecule has 2 rings (SSSR count). The van der Waals surface area contributed by atoms with E-state index in [4.69, 9.17) is 34.8 Å². The van der Waals surface area contributed by atoms with Crippen LogP contribution in [0.25, 0.3) is 5.65 Å². The van der Waals surface area contributed by atoms with Crippen molar-refractivity contribution >= 4 is 46.2 Å². The molecule has 78 valence electrons. The number of hydrogen-bond donors (Lipinski definition) is 0. The Morgan fingerprint density at radius 1 is 1.33 bits per heavy atom. The molecule has 0 radical (unpaired) electrons. The van der Waals surface area contributed by atoms with Gasteiger partial charge in [-0.15, -0.1) is 0 Å². The Morgan fingerprint density at radius 3 is 2.73 bits per heavy atom. The minimum absolute atomic E-state index is 0.215. The summed E-state index contributed by atoms with van der Waals surface area (Å²) in [6.07, 6.45) is 5.95. The molecule has 2 aromatic rings. The summed E-state index contributed by atoms with van der Waals surface area (Å²) in [6, 6.07) is 0. The van der Waals surface area contributed by atoms with Gasteiger partial charge in [-0.3, -0.25) is 14.2 Å². The molecule has 15 heavy (non-hydrogen) atoms. The Labute approximate surface area is 99.8 Å². The fraction of sp³-hybridized carbons (Fsp3) is 0.125. The molecule has 0 aliphatic heterocycles. The molecule has 2 heterocycles. The number of carbonyl (C=O) groups excluding carboxylic acids is 1. The van der Waals surface area contributed by atoms with Crippen molar-refractivity contribution in [2.45, 2.75) is 3.79 Å². The van der Waals surface area contributed by atoms with Gasteiger partial charge in [-0.1, -0.05) is 34.8 Å². The first-order valence-electron chi connectivity index (χ1n) is 3.89. The van der Waals surface area contributed by atoms with E-state index in [9.17, 15) is 4.79 Å². The van der Waals surface area contributed by atoms with Gasteiger partial charge in [0.1, 0.15) is 5.69 Å². The molecule has 0 fully saturated rings. The third kappa shape index (κ3) is 1.93. The number of carbonyl (C=O) groups is 1. The highest BCUT2D eigenvalue weighted by Gasteiger charge is 2.33. The lowest BCUT2D eigenvalue weighted by molar-refractivity contribution is 0.0991. The van der Waals surface area contributed by atoms with Crippen LogP contribution in [0, 0.1) is 0 Å². The van der Waals surface area contributed by atoms with E-state index in [-0.39, 0.29) is 5.69 Å². The molecule has 4 nitrogen and oxygen atoms in total. The molecule has 0 bridgehead atoms. The lowest BCUT2D eigenvalue weighted by Gasteiger charge is -2.08. The maximum atomic E-state index is 11.7. The van der Waals surface area contributed by atoms with Gasteiger partial charge in [0.15, 0.2) is 5.65 Å². The number of ketones is 1. The summed E-state index contributed by atoms with van der Waals surface area (Å²) in [5.74, 6) is -0.619. The van der Waals surface area contributed by atoms with E-state index >= 15 is 0 Å². The molecule has 0 unspecified atom stereocenters. The van der Waals surface area contributed by atoms with Gasteiger partial charge in [0.25, 0.3) is 3.79 Å². The third-order valence-corrected chi connectivity index (χ3v) is 2.32. The average molecular weight is 264 g/mol. The van der Waals surface area contributed by atoms with Crippen molar-refractivity contribution in [3.63, 3.8) is 0 Å². The van der Waals surface area contributed by atoms with Gasteiger partial charge in [0.05, 0.1) is 12.4 Å². The van der Waals surface area contributed by atoms with Crippen LogP contribution in [-0.4, -0.2) is 23.9 Å². The number of hydrogen-bond acceptors (Lipinski definition) is 3. The van der Waals surface area contributed by atoms with Crippen LogP contribution >= 0.6 is 34.8 Å². The van der Waals surface area contributed by atoms with Crippen LogP contribution in [0.3, 0.4) is 0 Å². The molecule has 0 saturated carbocycles. The standard InChI is InChI=1S/C8H4Cl3N3O/c9-8(10,11)7(15)5-3-13-6-4-12-1-2-14(5)6/h1-4H. The smallest absolute Gasteiger partial charge is 0.255 e. The van der Waals surface area contributed by atoms with Gasteiger partial charge in [0, 0.05) is 12.4 Å². The van der Waals surface area contributed by atoms with Crippen molar-refractivity contribution < 1.29 is 4.79 Å². The summed E-state index contributed by atoms with van der Waals surface area (Å²) < 4.78 is -0.462. The van der Waals surface area contributed by atoms with Crippen molar-refractivity contribution in [2.75, 3.05) is 0 Å². The Morgan fingerprint density at radius 2 is 2.07 bits per heavy atom. The van der Waals surface area contributed by atoms with Crippen molar-refractivity contribution in [1.29, 1.82) is 0 Å². The van der Waals surface area contributed by atoms with Gasteiger partial charge in [-0.25, -0.2) is 4.98 Å². The summed E-state index contributed by atoms with van der Waals surface area (Å²) in [5, 5.41) is 0. The van der Waals surface area contributed by atoms with Crippen LogP contribution in [0.1, 0.15) is 10.5 Å². The first-order valence-corrected chi connectivity index (χ1v) is 5.02. The molecule has 7 heteroatoms. The second-order valence-corrected chi connectivity index (χ2v) is 5.06. The number of Topliss-reactive ketones (excluding diaryl/α,β-unsaturated/α-hetero) is 1. The number of alkyl halides is 3. The quantitative estimate of drug-likeness (QED) is 0.586. The molecule has 0 spiro atoms. The minimum atomic E-state index is -1.97. The Hall–Kier alpha value is -0.840. The normalized spacial score (nSPS) is 11.9. The lowest BCUT2D eigenvalue weighted by atomic mass is 10.3. The summed E-state index contributed by atoms with van der Waals surface area (Å²) >= 11 is 16.5. The third-order valence-electron chi connectivity index (χ3n) is 1.81. The predicted octanol–water partition coefficient (Wildman–Crippen LogP) is 2.28. The minimum Gasteiger partial charge on any atom is -0.294 e. The molecule has 0 amide bonds. The fourth-order valence-corrected chi connectivity index (χ4v) is 1.45. The van der Waals surface area contributed by atoms with E-state index in [2.05, 4.69) is 9.97 Å². The van der Waals surface area contributed by atoms with E-state index in [1.165, 1.54) is 23.0 Å². The highest BCUT2D eigenvalue weighted by molar-refractivity contribution is 6.77. The second-order valence-electron chi connectivity index (χ2n) is 2.77. The van der Waals surface area contributed by atoms with Crippen LogP contribution in [0.4, 0.5) is 0 Å². The second kappa shape index (κ2) is 3.63. The molecule has 0 aliphatic carbocycles. The van der Waals surface area contributed by atoms with E-state index in [1.807, 2.05) is 0 Å². The molecule has 0 aliphatic rings.